The van der Waals surface area contributed by atoms with Crippen LogP contribution in [0.15, 0.2) is 47.6 Å². The van der Waals surface area contributed by atoms with E-state index in [9.17, 15) is 14.9 Å². The van der Waals surface area contributed by atoms with Crippen molar-refractivity contribution in [3.8, 4) is 17.2 Å². The number of anilines is 1. The van der Waals surface area contributed by atoms with Gasteiger partial charge >= 0.3 is 5.97 Å². The van der Waals surface area contributed by atoms with Crippen molar-refractivity contribution in [2.24, 2.45) is 5.18 Å². The number of carbonyl (C=O) groups excluding carboxylic acids is 1. The van der Waals surface area contributed by atoms with Crippen LogP contribution in [-0.4, -0.2) is 32.5 Å². The van der Waals surface area contributed by atoms with E-state index in [1.54, 1.807) is 30.3 Å². The Labute approximate surface area is 235 Å². The lowest BCUT2D eigenvalue weighted by Gasteiger charge is -2.20. The summed E-state index contributed by atoms with van der Waals surface area (Å²) in [6, 6.07) is 11.7. The van der Waals surface area contributed by atoms with Gasteiger partial charge in [0.1, 0.15) is 11.8 Å². The predicted molar refractivity (Wildman–Crippen MR) is 156 cm³/mol. The van der Waals surface area contributed by atoms with E-state index >= 15 is 0 Å². The summed E-state index contributed by atoms with van der Waals surface area (Å²) < 4.78 is 22.2. The monoisotopic (exact) mass is 552 g/mol. The van der Waals surface area contributed by atoms with Gasteiger partial charge in [0, 0.05) is 10.8 Å². The molecule has 2 N–H and O–H groups in total. The molecule has 0 bridgehead atoms. The third-order valence-corrected chi connectivity index (χ3v) is 7.08. The first-order valence-corrected chi connectivity index (χ1v) is 13.8. The van der Waals surface area contributed by atoms with Gasteiger partial charge in [0.15, 0.2) is 11.5 Å². The molecule has 3 aromatic rings. The summed E-state index contributed by atoms with van der Waals surface area (Å²) in [7, 11) is 4.47. The molecule has 3 rings (SSSR count). The van der Waals surface area contributed by atoms with E-state index in [0.717, 1.165) is 24.8 Å². The number of nitrogens with one attached hydrogen (secondary N) is 1. The SMILES string of the molecule is CCCCCCCCCCC(OC(=O)c1cc(OC)c(OC)c(OC)c1)c1ccc2c(NO)ccc(N=O)c2c1. The molecule has 0 aliphatic carbocycles. The summed E-state index contributed by atoms with van der Waals surface area (Å²) in [6.45, 7) is 2.21. The zero-order chi connectivity index (χ0) is 28.9. The van der Waals surface area contributed by atoms with Gasteiger partial charge in [0.25, 0.3) is 0 Å². The number of rotatable bonds is 17. The number of unbranched alkanes of at least 4 members (excludes halogenated alkanes) is 7. The highest BCUT2D eigenvalue weighted by Gasteiger charge is 2.23. The zero-order valence-corrected chi connectivity index (χ0v) is 23.8. The van der Waals surface area contributed by atoms with Gasteiger partial charge in [-0.15, -0.1) is 4.91 Å². The molecule has 40 heavy (non-hydrogen) atoms. The number of nitroso groups, excluding NO2 is 1. The fourth-order valence-electron chi connectivity index (χ4n) is 4.88. The summed E-state index contributed by atoms with van der Waals surface area (Å²) in [5.41, 5.74) is 3.83. The molecule has 0 saturated carbocycles. The molecule has 0 heterocycles. The molecule has 0 aromatic heterocycles. The van der Waals surface area contributed by atoms with Crippen LogP contribution in [0.3, 0.4) is 0 Å². The minimum atomic E-state index is -0.568. The van der Waals surface area contributed by atoms with Crippen LogP contribution >= 0.6 is 0 Å². The molecule has 1 atom stereocenters. The lowest BCUT2D eigenvalue weighted by atomic mass is 9.97. The average molecular weight is 553 g/mol. The first kappa shape index (κ1) is 30.7. The molecule has 0 aliphatic rings. The molecule has 0 aliphatic heterocycles. The summed E-state index contributed by atoms with van der Waals surface area (Å²) in [5.74, 6) is 0.548. The third-order valence-electron chi connectivity index (χ3n) is 7.08. The molecule has 0 saturated heterocycles. The second-order valence-electron chi connectivity index (χ2n) is 9.71. The van der Waals surface area contributed by atoms with Crippen molar-refractivity contribution >= 4 is 28.1 Å². The Morgan fingerprint density at radius 3 is 2.08 bits per heavy atom. The Hall–Kier alpha value is -3.85. The maximum absolute atomic E-state index is 13.4. The highest BCUT2D eigenvalue weighted by molar-refractivity contribution is 6.01. The van der Waals surface area contributed by atoms with Gasteiger partial charge in [-0.1, -0.05) is 64.0 Å². The first-order valence-electron chi connectivity index (χ1n) is 13.8. The van der Waals surface area contributed by atoms with E-state index < -0.39 is 12.1 Å². The van der Waals surface area contributed by atoms with E-state index in [1.807, 2.05) is 6.07 Å². The maximum atomic E-state index is 13.4. The highest BCUT2D eigenvalue weighted by atomic mass is 16.5. The van der Waals surface area contributed by atoms with Crippen molar-refractivity contribution in [3.63, 3.8) is 0 Å². The van der Waals surface area contributed by atoms with Crippen LogP contribution in [0.5, 0.6) is 17.2 Å². The third kappa shape index (κ3) is 7.63. The van der Waals surface area contributed by atoms with Gasteiger partial charge in [-0.3, -0.25) is 10.7 Å². The summed E-state index contributed by atoms with van der Waals surface area (Å²) in [6.07, 6.45) is 9.25. The molecular weight excluding hydrogens is 512 g/mol. The number of carbonyl (C=O) groups is 1. The molecule has 3 aromatic carbocycles. The molecule has 9 nitrogen and oxygen atoms in total. The number of ether oxygens (including phenoxy) is 4. The minimum absolute atomic E-state index is 0.234. The van der Waals surface area contributed by atoms with Gasteiger partial charge in [-0.2, -0.15) is 0 Å². The molecular formula is C31H40N2O7. The van der Waals surface area contributed by atoms with E-state index in [-0.39, 0.29) is 11.3 Å². The van der Waals surface area contributed by atoms with Crippen LogP contribution in [0.2, 0.25) is 0 Å². The van der Waals surface area contributed by atoms with Crippen molar-refractivity contribution in [2.75, 3.05) is 26.8 Å². The number of hydrogen-bond donors (Lipinski definition) is 2. The maximum Gasteiger partial charge on any atom is 0.339 e. The highest BCUT2D eigenvalue weighted by Crippen LogP contribution is 2.40. The Morgan fingerprint density at radius 1 is 0.850 bits per heavy atom. The molecule has 9 heteroatoms. The van der Waals surface area contributed by atoms with E-state index in [0.29, 0.717) is 40.1 Å². The predicted octanol–water partition coefficient (Wildman–Crippen LogP) is 8.49. The Bertz CT molecular complexity index is 1250. The molecule has 0 fully saturated rings. The first-order chi connectivity index (χ1) is 19.5. The fourth-order valence-corrected chi connectivity index (χ4v) is 4.88. The number of esters is 1. The van der Waals surface area contributed by atoms with Crippen molar-refractivity contribution in [2.45, 2.75) is 70.8 Å². The van der Waals surface area contributed by atoms with E-state index in [2.05, 4.69) is 17.6 Å². The Kier molecular flexibility index (Phi) is 12.0. The number of fused-ring (bicyclic) bond motifs is 1. The van der Waals surface area contributed by atoms with Crippen molar-refractivity contribution in [1.82, 2.24) is 0 Å². The molecule has 0 radical (unpaired) electrons. The van der Waals surface area contributed by atoms with Crippen LogP contribution in [-0.2, 0) is 4.74 Å². The lowest BCUT2D eigenvalue weighted by molar-refractivity contribution is 0.0270. The second kappa shape index (κ2) is 15.7. The smallest absolute Gasteiger partial charge is 0.339 e. The zero-order valence-electron chi connectivity index (χ0n) is 23.8. The number of nitrogens with zero attached hydrogens (tertiary/aromatic N) is 1. The Morgan fingerprint density at radius 2 is 1.50 bits per heavy atom. The quantitative estimate of drug-likeness (QED) is 0.0741. The summed E-state index contributed by atoms with van der Waals surface area (Å²) in [4.78, 5) is 24.9. The van der Waals surface area contributed by atoms with Gasteiger partial charge < -0.3 is 18.9 Å². The van der Waals surface area contributed by atoms with Gasteiger partial charge in [-0.25, -0.2) is 4.79 Å². The van der Waals surface area contributed by atoms with Crippen molar-refractivity contribution in [3.05, 3.63) is 58.5 Å². The van der Waals surface area contributed by atoms with Gasteiger partial charge in [0.05, 0.1) is 32.6 Å². The van der Waals surface area contributed by atoms with Crippen LogP contribution < -0.4 is 19.7 Å². The van der Waals surface area contributed by atoms with Crippen LogP contribution in [0.1, 0.15) is 86.7 Å². The topological polar surface area (TPSA) is 116 Å². The van der Waals surface area contributed by atoms with Crippen LogP contribution in [0, 0.1) is 4.91 Å². The van der Waals surface area contributed by atoms with Crippen LogP contribution in [0.4, 0.5) is 11.4 Å². The molecule has 216 valence electrons. The Balaban J connectivity index is 1.88. The average Bonchev–Trinajstić information content (AvgIpc) is 2.99. The largest absolute Gasteiger partial charge is 0.493 e. The number of hydrogen-bond acceptors (Lipinski definition) is 9. The molecule has 0 amide bonds. The van der Waals surface area contributed by atoms with Crippen LogP contribution in [0.25, 0.3) is 10.8 Å². The fraction of sp³-hybridized carbons (Fsp3) is 0.452. The lowest BCUT2D eigenvalue weighted by Crippen LogP contribution is -2.13. The standard InChI is InChI=1S/C31H40N2O7/c1-5-6-7-8-9-10-11-12-13-27(21-14-15-23-24(18-21)26(33-36)17-16-25(23)32-35)40-31(34)22-19-28(37-2)30(39-4)29(20-22)38-3/h14-20,27,32,35H,5-13H2,1-4H3. The van der Waals surface area contributed by atoms with Crippen molar-refractivity contribution in [1.29, 1.82) is 0 Å². The van der Waals surface area contributed by atoms with E-state index in [1.165, 1.54) is 59.5 Å². The molecule has 1 unspecified atom stereocenters. The van der Waals surface area contributed by atoms with E-state index in [4.69, 9.17) is 18.9 Å². The number of benzene rings is 3. The van der Waals surface area contributed by atoms with Gasteiger partial charge in [0.2, 0.25) is 5.75 Å². The summed E-state index contributed by atoms with van der Waals surface area (Å²) >= 11 is 0. The minimum Gasteiger partial charge on any atom is -0.493 e. The summed E-state index contributed by atoms with van der Waals surface area (Å²) in [5, 5.41) is 13.9. The van der Waals surface area contributed by atoms with Crippen molar-refractivity contribution < 1.29 is 28.9 Å². The molecule has 0 spiro atoms. The second-order valence-corrected chi connectivity index (χ2v) is 9.71. The van der Waals surface area contributed by atoms with Gasteiger partial charge in [-0.05, 0) is 53.9 Å². The number of methoxy groups -OCH3 is 3. The normalized spacial score (nSPS) is 11.6.